The van der Waals surface area contributed by atoms with Crippen LogP contribution in [0, 0.1) is 5.92 Å². The van der Waals surface area contributed by atoms with Crippen molar-refractivity contribution >= 4 is 29.9 Å². The van der Waals surface area contributed by atoms with E-state index in [9.17, 15) is 0 Å². The van der Waals surface area contributed by atoms with Crippen LogP contribution in [0.1, 0.15) is 51.0 Å². The number of hydrogen-bond donors (Lipinski definition) is 2. The van der Waals surface area contributed by atoms with Gasteiger partial charge in [0, 0.05) is 18.7 Å². The Hall–Kier alpha value is -0.980. The van der Waals surface area contributed by atoms with E-state index in [2.05, 4.69) is 35.8 Å². The molecule has 0 amide bonds. The zero-order valence-corrected chi connectivity index (χ0v) is 16.9. The van der Waals surface area contributed by atoms with Crippen LogP contribution in [0.5, 0.6) is 5.75 Å². The molecule has 1 aromatic carbocycles. The maximum atomic E-state index is 6.20. The fraction of sp³-hybridized carbons (Fsp3) is 0.632. The Kier molecular flexibility index (Phi) is 8.15. The Balaban J connectivity index is 0.00000208. The lowest BCUT2D eigenvalue weighted by molar-refractivity contribution is 0.208. The summed E-state index contributed by atoms with van der Waals surface area (Å²) >= 11 is 0. The number of rotatable bonds is 7. The smallest absolute Gasteiger partial charge is 0.191 e. The molecule has 24 heavy (non-hydrogen) atoms. The highest BCUT2D eigenvalue weighted by Gasteiger charge is 2.21. The first-order chi connectivity index (χ1) is 11.3. The Labute approximate surface area is 162 Å². The molecule has 2 saturated carbocycles. The van der Waals surface area contributed by atoms with Crippen molar-refractivity contribution in [2.45, 2.75) is 58.1 Å². The van der Waals surface area contributed by atoms with Crippen molar-refractivity contribution < 1.29 is 4.74 Å². The molecule has 2 fully saturated rings. The zero-order valence-electron chi connectivity index (χ0n) is 14.6. The first kappa shape index (κ1) is 19.3. The highest BCUT2D eigenvalue weighted by Crippen LogP contribution is 2.28. The standard InChI is InChI=1S/C19H29N3O.HI/c1-2-20-19(21-13-15-11-12-15)22-14-16-7-3-6-10-18(16)23-17-8-4-5-9-17;/h3,6-7,10,15,17H,2,4-5,8-9,11-14H2,1H3,(H2,20,21,22);1H. The summed E-state index contributed by atoms with van der Waals surface area (Å²) in [6.07, 6.45) is 8.05. The summed E-state index contributed by atoms with van der Waals surface area (Å²) in [6, 6.07) is 8.32. The summed E-state index contributed by atoms with van der Waals surface area (Å²) in [5.74, 6) is 2.76. The fourth-order valence-electron chi connectivity index (χ4n) is 3.00. The molecule has 4 nitrogen and oxygen atoms in total. The third-order valence-electron chi connectivity index (χ3n) is 4.58. The van der Waals surface area contributed by atoms with E-state index in [1.165, 1.54) is 44.1 Å². The second-order valence-electron chi connectivity index (χ2n) is 6.65. The number of benzene rings is 1. The SMILES string of the molecule is CCNC(=NCc1ccccc1OC1CCCC1)NCC1CC1.I. The van der Waals surface area contributed by atoms with Crippen LogP contribution in [-0.2, 0) is 6.54 Å². The largest absolute Gasteiger partial charge is 0.490 e. The van der Waals surface area contributed by atoms with Crippen LogP contribution >= 0.6 is 24.0 Å². The van der Waals surface area contributed by atoms with E-state index in [-0.39, 0.29) is 24.0 Å². The van der Waals surface area contributed by atoms with Gasteiger partial charge in [-0.25, -0.2) is 4.99 Å². The van der Waals surface area contributed by atoms with E-state index in [0.717, 1.165) is 30.7 Å². The Morgan fingerprint density at radius 3 is 2.58 bits per heavy atom. The van der Waals surface area contributed by atoms with E-state index in [1.54, 1.807) is 0 Å². The monoisotopic (exact) mass is 443 g/mol. The van der Waals surface area contributed by atoms with E-state index < -0.39 is 0 Å². The van der Waals surface area contributed by atoms with Gasteiger partial charge in [0.1, 0.15) is 5.75 Å². The molecular formula is C19H30IN3O. The molecule has 0 saturated heterocycles. The molecule has 2 aliphatic carbocycles. The third-order valence-corrected chi connectivity index (χ3v) is 4.58. The molecule has 0 aromatic heterocycles. The maximum Gasteiger partial charge on any atom is 0.191 e. The van der Waals surface area contributed by atoms with Gasteiger partial charge in [-0.1, -0.05) is 18.2 Å². The Bertz CT molecular complexity index is 525. The number of aliphatic imine (C=N–C) groups is 1. The van der Waals surface area contributed by atoms with Crippen LogP contribution < -0.4 is 15.4 Å². The average molecular weight is 443 g/mol. The molecule has 3 rings (SSSR count). The van der Waals surface area contributed by atoms with Crippen LogP contribution in [0.2, 0.25) is 0 Å². The summed E-state index contributed by atoms with van der Waals surface area (Å²) in [7, 11) is 0. The highest BCUT2D eigenvalue weighted by molar-refractivity contribution is 14.0. The summed E-state index contributed by atoms with van der Waals surface area (Å²) in [5, 5.41) is 6.77. The Morgan fingerprint density at radius 2 is 1.88 bits per heavy atom. The van der Waals surface area contributed by atoms with E-state index in [0.29, 0.717) is 12.6 Å². The van der Waals surface area contributed by atoms with Gasteiger partial charge in [0.2, 0.25) is 0 Å². The Morgan fingerprint density at radius 1 is 1.12 bits per heavy atom. The summed E-state index contributed by atoms with van der Waals surface area (Å²) < 4.78 is 6.20. The van der Waals surface area contributed by atoms with Gasteiger partial charge in [-0.05, 0) is 57.4 Å². The number of hydrogen-bond acceptors (Lipinski definition) is 2. The molecule has 5 heteroatoms. The molecule has 0 spiro atoms. The molecular weight excluding hydrogens is 413 g/mol. The first-order valence-corrected chi connectivity index (χ1v) is 9.12. The quantitative estimate of drug-likeness (QED) is 0.379. The van der Waals surface area contributed by atoms with Gasteiger partial charge in [-0.3, -0.25) is 0 Å². The highest BCUT2D eigenvalue weighted by atomic mass is 127. The van der Waals surface area contributed by atoms with Crippen LogP contribution in [0.4, 0.5) is 0 Å². The molecule has 0 heterocycles. The fourth-order valence-corrected chi connectivity index (χ4v) is 3.00. The molecule has 1 aromatic rings. The minimum atomic E-state index is 0. The number of ether oxygens (including phenoxy) is 1. The number of para-hydroxylation sites is 1. The van der Waals surface area contributed by atoms with Crippen molar-refractivity contribution in [1.29, 1.82) is 0 Å². The summed E-state index contributed by atoms with van der Waals surface area (Å²) in [6.45, 7) is 4.68. The predicted molar refractivity (Wildman–Crippen MR) is 110 cm³/mol. The average Bonchev–Trinajstić information content (AvgIpc) is 3.26. The second-order valence-corrected chi connectivity index (χ2v) is 6.65. The van der Waals surface area contributed by atoms with E-state index in [1.807, 2.05) is 6.07 Å². The van der Waals surface area contributed by atoms with Crippen molar-refractivity contribution in [3.63, 3.8) is 0 Å². The molecule has 2 aliphatic rings. The topological polar surface area (TPSA) is 45.7 Å². The lowest BCUT2D eigenvalue weighted by Crippen LogP contribution is -2.38. The number of guanidine groups is 1. The van der Waals surface area contributed by atoms with E-state index in [4.69, 9.17) is 9.73 Å². The minimum Gasteiger partial charge on any atom is -0.490 e. The van der Waals surface area contributed by atoms with Gasteiger partial charge >= 0.3 is 0 Å². The van der Waals surface area contributed by atoms with Gasteiger partial charge in [0.15, 0.2) is 5.96 Å². The van der Waals surface area contributed by atoms with Crippen LogP contribution in [0.15, 0.2) is 29.3 Å². The molecule has 2 N–H and O–H groups in total. The normalized spacial score (nSPS) is 18.1. The van der Waals surface area contributed by atoms with Crippen molar-refractivity contribution in [2.75, 3.05) is 13.1 Å². The molecule has 134 valence electrons. The first-order valence-electron chi connectivity index (χ1n) is 9.12. The molecule has 0 atom stereocenters. The number of nitrogens with zero attached hydrogens (tertiary/aromatic N) is 1. The van der Waals surface area contributed by atoms with Crippen molar-refractivity contribution in [1.82, 2.24) is 10.6 Å². The van der Waals surface area contributed by atoms with Gasteiger partial charge in [0.25, 0.3) is 0 Å². The predicted octanol–water partition coefficient (Wildman–Crippen LogP) is 4.09. The van der Waals surface area contributed by atoms with Crippen molar-refractivity contribution in [3.05, 3.63) is 29.8 Å². The van der Waals surface area contributed by atoms with Gasteiger partial charge in [-0.15, -0.1) is 24.0 Å². The number of nitrogens with one attached hydrogen (secondary N) is 2. The van der Waals surface area contributed by atoms with Gasteiger partial charge in [0.05, 0.1) is 12.6 Å². The number of halogens is 1. The van der Waals surface area contributed by atoms with Crippen molar-refractivity contribution in [2.24, 2.45) is 10.9 Å². The van der Waals surface area contributed by atoms with Crippen molar-refractivity contribution in [3.8, 4) is 5.75 Å². The van der Waals surface area contributed by atoms with Crippen LogP contribution in [0.25, 0.3) is 0 Å². The van der Waals surface area contributed by atoms with Gasteiger partial charge < -0.3 is 15.4 Å². The minimum absolute atomic E-state index is 0. The molecule has 0 radical (unpaired) electrons. The van der Waals surface area contributed by atoms with E-state index >= 15 is 0 Å². The maximum absolute atomic E-state index is 6.20. The van der Waals surface area contributed by atoms with Crippen LogP contribution in [-0.4, -0.2) is 25.2 Å². The lowest BCUT2D eigenvalue weighted by Gasteiger charge is -2.16. The molecule has 0 aliphatic heterocycles. The van der Waals surface area contributed by atoms with Crippen LogP contribution in [0.3, 0.4) is 0 Å². The molecule has 0 unspecified atom stereocenters. The summed E-state index contributed by atoms with van der Waals surface area (Å²) in [4.78, 5) is 4.73. The van der Waals surface area contributed by atoms with Gasteiger partial charge in [-0.2, -0.15) is 0 Å². The summed E-state index contributed by atoms with van der Waals surface area (Å²) in [5.41, 5.74) is 1.17. The third kappa shape index (κ3) is 6.15. The lowest BCUT2D eigenvalue weighted by atomic mass is 10.2. The second kappa shape index (κ2) is 10.1. The molecule has 0 bridgehead atoms. The zero-order chi connectivity index (χ0) is 15.9.